The largest absolute Gasteiger partial charge is 0.492 e. The average Bonchev–Trinajstić information content (AvgIpc) is 3.43. The molecular formula is C21H21F3N6O3. The quantitative estimate of drug-likeness (QED) is 0.595. The molecule has 2 aliphatic rings. The predicted molar refractivity (Wildman–Crippen MR) is 110 cm³/mol. The smallest absolute Gasteiger partial charge is 0.433 e. The average molecular weight is 462 g/mol. The van der Waals surface area contributed by atoms with Gasteiger partial charge < -0.3 is 14.2 Å². The molecular weight excluding hydrogens is 441 g/mol. The summed E-state index contributed by atoms with van der Waals surface area (Å²) in [5, 5.41) is 4.00. The number of nitrogens with zero attached hydrogens (tertiary/aromatic N) is 6. The first-order valence-electron chi connectivity index (χ1n) is 10.4. The first-order chi connectivity index (χ1) is 15.7. The van der Waals surface area contributed by atoms with Crippen LogP contribution in [0.2, 0.25) is 0 Å². The SMILES string of the molecule is COc1c(C(=O)N2CCN(c3cncn3C)C(=O)C2)nn2c(C(F)(F)F)cc(C3CC3)cc12. The second kappa shape index (κ2) is 7.49. The Morgan fingerprint density at radius 2 is 1.97 bits per heavy atom. The van der Waals surface area contributed by atoms with Crippen molar-refractivity contribution >= 4 is 23.1 Å². The summed E-state index contributed by atoms with van der Waals surface area (Å²) in [6.07, 6.45) is 0.0924. The van der Waals surface area contributed by atoms with Gasteiger partial charge in [-0.1, -0.05) is 0 Å². The minimum Gasteiger partial charge on any atom is -0.492 e. The number of hydrogen-bond acceptors (Lipinski definition) is 5. The Bertz CT molecular complexity index is 1260. The number of amides is 2. The van der Waals surface area contributed by atoms with Gasteiger partial charge in [-0.25, -0.2) is 9.50 Å². The molecule has 12 heteroatoms. The van der Waals surface area contributed by atoms with E-state index in [2.05, 4.69) is 10.1 Å². The number of rotatable bonds is 4. The predicted octanol–water partition coefficient (Wildman–Crippen LogP) is 2.46. The number of pyridine rings is 1. The summed E-state index contributed by atoms with van der Waals surface area (Å²) in [7, 11) is 3.04. The zero-order chi connectivity index (χ0) is 23.5. The van der Waals surface area contributed by atoms with Crippen LogP contribution >= 0.6 is 0 Å². The van der Waals surface area contributed by atoms with Gasteiger partial charge in [-0.2, -0.15) is 18.3 Å². The number of halogens is 3. The van der Waals surface area contributed by atoms with Crippen molar-refractivity contribution < 1.29 is 27.5 Å². The summed E-state index contributed by atoms with van der Waals surface area (Å²) in [4.78, 5) is 32.7. The molecule has 2 fully saturated rings. The lowest BCUT2D eigenvalue weighted by Crippen LogP contribution is -2.53. The molecule has 1 saturated carbocycles. The van der Waals surface area contributed by atoms with E-state index < -0.39 is 17.8 Å². The van der Waals surface area contributed by atoms with E-state index in [1.807, 2.05) is 0 Å². The molecule has 1 saturated heterocycles. The fourth-order valence-electron chi connectivity index (χ4n) is 4.19. The van der Waals surface area contributed by atoms with Gasteiger partial charge in [-0.15, -0.1) is 0 Å². The molecule has 5 rings (SSSR count). The van der Waals surface area contributed by atoms with Gasteiger partial charge in [0.1, 0.15) is 23.6 Å². The van der Waals surface area contributed by atoms with E-state index in [1.165, 1.54) is 16.9 Å². The molecule has 33 heavy (non-hydrogen) atoms. The van der Waals surface area contributed by atoms with E-state index in [0.717, 1.165) is 18.9 Å². The van der Waals surface area contributed by atoms with Crippen LogP contribution in [0, 0.1) is 0 Å². The zero-order valence-electron chi connectivity index (χ0n) is 18.0. The highest BCUT2D eigenvalue weighted by atomic mass is 19.4. The highest BCUT2D eigenvalue weighted by Gasteiger charge is 2.39. The number of anilines is 1. The number of aryl methyl sites for hydroxylation is 1. The van der Waals surface area contributed by atoms with E-state index in [1.54, 1.807) is 30.2 Å². The van der Waals surface area contributed by atoms with Gasteiger partial charge in [0.05, 0.1) is 19.6 Å². The second-order valence-electron chi connectivity index (χ2n) is 8.26. The van der Waals surface area contributed by atoms with Crippen molar-refractivity contribution in [1.82, 2.24) is 24.1 Å². The summed E-state index contributed by atoms with van der Waals surface area (Å²) in [6.45, 7) is 0.173. The monoisotopic (exact) mass is 462 g/mol. The maximum atomic E-state index is 13.8. The summed E-state index contributed by atoms with van der Waals surface area (Å²) in [5.41, 5.74) is -0.585. The molecule has 0 atom stereocenters. The van der Waals surface area contributed by atoms with Gasteiger partial charge >= 0.3 is 6.18 Å². The minimum atomic E-state index is -4.66. The van der Waals surface area contributed by atoms with Gasteiger partial charge in [-0.05, 0) is 36.5 Å². The van der Waals surface area contributed by atoms with Crippen molar-refractivity contribution in [3.05, 3.63) is 41.6 Å². The van der Waals surface area contributed by atoms with Crippen molar-refractivity contribution in [2.24, 2.45) is 7.05 Å². The van der Waals surface area contributed by atoms with E-state index in [9.17, 15) is 22.8 Å². The normalized spacial score (nSPS) is 17.2. The number of alkyl halides is 3. The van der Waals surface area contributed by atoms with Crippen LogP contribution in [0.5, 0.6) is 5.75 Å². The molecule has 4 heterocycles. The fraction of sp³-hybridized carbons (Fsp3) is 0.429. The number of imidazole rings is 1. The third kappa shape index (κ3) is 3.58. The molecule has 0 unspecified atom stereocenters. The van der Waals surface area contributed by atoms with Crippen molar-refractivity contribution in [2.45, 2.75) is 24.9 Å². The number of carbonyl (C=O) groups is 2. The molecule has 1 aliphatic carbocycles. The number of fused-ring (bicyclic) bond motifs is 1. The van der Waals surface area contributed by atoms with Crippen LogP contribution in [0.3, 0.4) is 0 Å². The number of methoxy groups -OCH3 is 1. The van der Waals surface area contributed by atoms with E-state index in [-0.39, 0.29) is 48.4 Å². The van der Waals surface area contributed by atoms with Gasteiger partial charge in [0, 0.05) is 20.1 Å². The molecule has 2 amide bonds. The Labute approximate surface area is 186 Å². The van der Waals surface area contributed by atoms with Gasteiger partial charge in [0.25, 0.3) is 5.91 Å². The number of aromatic nitrogens is 4. The number of piperazine rings is 1. The lowest BCUT2D eigenvalue weighted by atomic mass is 10.1. The third-order valence-electron chi connectivity index (χ3n) is 6.03. The molecule has 9 nitrogen and oxygen atoms in total. The van der Waals surface area contributed by atoms with E-state index in [4.69, 9.17) is 4.74 Å². The maximum absolute atomic E-state index is 13.8. The van der Waals surface area contributed by atoms with Crippen LogP contribution in [-0.2, 0) is 18.0 Å². The van der Waals surface area contributed by atoms with Crippen LogP contribution in [0.4, 0.5) is 19.0 Å². The van der Waals surface area contributed by atoms with Crippen LogP contribution < -0.4 is 9.64 Å². The molecule has 1 aliphatic heterocycles. The first kappa shape index (κ1) is 21.3. The Morgan fingerprint density at radius 3 is 2.55 bits per heavy atom. The Balaban J connectivity index is 1.50. The van der Waals surface area contributed by atoms with Crippen LogP contribution in [0.15, 0.2) is 24.7 Å². The van der Waals surface area contributed by atoms with Crippen molar-refractivity contribution in [1.29, 1.82) is 0 Å². The molecule has 0 radical (unpaired) electrons. The Kier molecular flexibility index (Phi) is 4.83. The number of carbonyl (C=O) groups excluding carboxylic acids is 2. The molecule has 0 N–H and O–H groups in total. The summed E-state index contributed by atoms with van der Waals surface area (Å²) in [5.74, 6) is -0.357. The Hall–Kier alpha value is -3.57. The number of hydrogen-bond donors (Lipinski definition) is 0. The Morgan fingerprint density at radius 1 is 1.21 bits per heavy atom. The topological polar surface area (TPSA) is 85.0 Å². The molecule has 0 aromatic carbocycles. The fourth-order valence-corrected chi connectivity index (χ4v) is 4.19. The molecule has 174 valence electrons. The van der Waals surface area contributed by atoms with E-state index >= 15 is 0 Å². The van der Waals surface area contributed by atoms with Crippen molar-refractivity contribution in [2.75, 3.05) is 31.6 Å². The maximum Gasteiger partial charge on any atom is 0.433 e. The van der Waals surface area contributed by atoms with Crippen LogP contribution in [0.1, 0.15) is 40.5 Å². The molecule has 3 aromatic heterocycles. The van der Waals surface area contributed by atoms with Gasteiger partial charge in [0.2, 0.25) is 5.91 Å². The summed E-state index contributed by atoms with van der Waals surface area (Å²) in [6, 6.07) is 2.68. The highest BCUT2D eigenvalue weighted by Crippen LogP contribution is 2.44. The van der Waals surface area contributed by atoms with Crippen molar-refractivity contribution in [3.8, 4) is 5.75 Å². The second-order valence-corrected chi connectivity index (χ2v) is 8.26. The lowest BCUT2D eigenvalue weighted by molar-refractivity contribution is -0.142. The standard InChI is InChI=1S/C21H21F3N6O3/c1-27-11-25-9-16(27)29-6-5-28(10-17(29)31)20(32)18-19(33-2)14-7-13(12-3-4-12)8-15(21(22,23)24)30(14)26-18/h7-9,11-12H,3-6,10H2,1-2H3. The lowest BCUT2D eigenvalue weighted by Gasteiger charge is -2.33. The zero-order valence-corrected chi connectivity index (χ0v) is 18.0. The molecule has 0 bridgehead atoms. The number of ether oxygens (including phenoxy) is 1. The van der Waals surface area contributed by atoms with Gasteiger partial charge in [0.15, 0.2) is 11.4 Å². The third-order valence-corrected chi connectivity index (χ3v) is 6.03. The molecule has 0 spiro atoms. The van der Waals surface area contributed by atoms with Crippen molar-refractivity contribution in [3.63, 3.8) is 0 Å². The van der Waals surface area contributed by atoms with E-state index in [0.29, 0.717) is 15.9 Å². The van der Waals surface area contributed by atoms with Crippen LogP contribution in [-0.4, -0.2) is 62.6 Å². The van der Waals surface area contributed by atoms with Crippen LogP contribution in [0.25, 0.3) is 5.52 Å². The first-order valence-corrected chi connectivity index (χ1v) is 10.4. The minimum absolute atomic E-state index is 0.0329. The summed E-state index contributed by atoms with van der Waals surface area (Å²) < 4.78 is 49.1. The highest BCUT2D eigenvalue weighted by molar-refractivity contribution is 6.02. The van der Waals surface area contributed by atoms with Gasteiger partial charge in [-0.3, -0.25) is 14.5 Å². The molecule has 3 aromatic rings. The summed E-state index contributed by atoms with van der Waals surface area (Å²) >= 11 is 0.